The van der Waals surface area contributed by atoms with Gasteiger partial charge in [0.2, 0.25) is 5.91 Å². The van der Waals surface area contributed by atoms with E-state index in [-0.39, 0.29) is 18.4 Å². The number of ether oxygens (including phenoxy) is 1. The molecule has 6 heteroatoms. The van der Waals surface area contributed by atoms with Gasteiger partial charge in [0.1, 0.15) is 5.75 Å². The van der Waals surface area contributed by atoms with Crippen molar-refractivity contribution in [3.05, 3.63) is 83.9 Å². The maximum atomic E-state index is 12.3. The van der Waals surface area contributed by atoms with Crippen LogP contribution in [0.1, 0.15) is 31.4 Å². The zero-order valence-electron chi connectivity index (χ0n) is 19.4. The Hall–Kier alpha value is -3.80. The van der Waals surface area contributed by atoms with Gasteiger partial charge in [-0.2, -0.15) is 0 Å². The average Bonchev–Trinajstić information content (AvgIpc) is 2.78. The van der Waals surface area contributed by atoms with Gasteiger partial charge in [0, 0.05) is 35.6 Å². The van der Waals surface area contributed by atoms with E-state index in [4.69, 9.17) is 4.74 Å². The van der Waals surface area contributed by atoms with Crippen molar-refractivity contribution in [3.8, 4) is 5.75 Å². The fourth-order valence-corrected chi connectivity index (χ4v) is 3.25. The van der Waals surface area contributed by atoms with E-state index < -0.39 is 0 Å². The largest absolute Gasteiger partial charge is 0.483 e. The molecular weight excluding hydrogens is 414 g/mol. The van der Waals surface area contributed by atoms with Crippen LogP contribution in [0.5, 0.6) is 5.75 Å². The molecule has 6 nitrogen and oxygen atoms in total. The maximum absolute atomic E-state index is 12.3. The zero-order valence-corrected chi connectivity index (χ0v) is 19.4. The normalized spacial score (nSPS) is 10.5. The second kappa shape index (κ2) is 11.7. The lowest BCUT2D eigenvalue weighted by molar-refractivity contribution is -0.118. The fraction of sp³-hybridized carbons (Fsp3) is 0.259. The number of rotatable bonds is 10. The predicted octanol–water partition coefficient (Wildman–Crippen LogP) is 5.61. The maximum Gasteiger partial charge on any atom is 0.262 e. The second-order valence-corrected chi connectivity index (χ2v) is 8.39. The molecule has 3 aromatic carbocycles. The second-order valence-electron chi connectivity index (χ2n) is 8.39. The van der Waals surface area contributed by atoms with Crippen LogP contribution in [0.25, 0.3) is 0 Å². The molecule has 0 fully saturated rings. The van der Waals surface area contributed by atoms with Crippen LogP contribution in [0, 0.1) is 12.8 Å². The number of amides is 2. The summed E-state index contributed by atoms with van der Waals surface area (Å²) in [5, 5.41) is 9.12. The number of carbonyl (C=O) groups is 2. The Morgan fingerprint density at radius 1 is 0.818 bits per heavy atom. The van der Waals surface area contributed by atoms with E-state index in [1.165, 1.54) is 0 Å². The number of hydrogen-bond donors (Lipinski definition) is 3. The molecule has 0 atom stereocenters. The standard InChI is InChI=1S/C27H31N3O3/c1-19(2)15-26(31)30-24-9-6-8-23(16-24)28-17-21-7-4-5-10-25(21)33-18-27(32)29-22-13-11-20(3)12-14-22/h4-14,16,19,28H,15,17-18H2,1-3H3,(H,29,32)(H,30,31). The smallest absolute Gasteiger partial charge is 0.262 e. The van der Waals surface area contributed by atoms with Crippen LogP contribution in [-0.4, -0.2) is 18.4 Å². The molecule has 0 aliphatic carbocycles. The molecular formula is C27H31N3O3. The monoisotopic (exact) mass is 445 g/mol. The minimum atomic E-state index is -0.216. The highest BCUT2D eigenvalue weighted by molar-refractivity contribution is 5.92. The summed E-state index contributed by atoms with van der Waals surface area (Å²) in [5.41, 5.74) is 4.43. The van der Waals surface area contributed by atoms with Gasteiger partial charge < -0.3 is 20.7 Å². The van der Waals surface area contributed by atoms with E-state index in [0.29, 0.717) is 24.6 Å². The quantitative estimate of drug-likeness (QED) is 0.379. The van der Waals surface area contributed by atoms with Crippen molar-refractivity contribution in [3.63, 3.8) is 0 Å². The Balaban J connectivity index is 1.55. The van der Waals surface area contributed by atoms with Crippen molar-refractivity contribution in [1.82, 2.24) is 0 Å². The third-order valence-corrected chi connectivity index (χ3v) is 4.89. The molecule has 3 aromatic rings. The third kappa shape index (κ3) is 8.00. The van der Waals surface area contributed by atoms with Gasteiger partial charge in [0.05, 0.1) is 0 Å². The number of anilines is 3. The topological polar surface area (TPSA) is 79.5 Å². The molecule has 0 saturated carbocycles. The average molecular weight is 446 g/mol. The Morgan fingerprint density at radius 2 is 1.52 bits per heavy atom. The van der Waals surface area contributed by atoms with Crippen LogP contribution < -0.4 is 20.7 Å². The molecule has 0 radical (unpaired) electrons. The first-order chi connectivity index (χ1) is 15.9. The molecule has 0 aromatic heterocycles. The van der Waals surface area contributed by atoms with E-state index >= 15 is 0 Å². The lowest BCUT2D eigenvalue weighted by atomic mass is 10.1. The number of carbonyl (C=O) groups excluding carboxylic acids is 2. The van der Waals surface area contributed by atoms with Crippen LogP contribution in [0.15, 0.2) is 72.8 Å². The molecule has 0 saturated heterocycles. The van der Waals surface area contributed by atoms with Crippen LogP contribution in [0.4, 0.5) is 17.1 Å². The highest BCUT2D eigenvalue weighted by Crippen LogP contribution is 2.21. The van der Waals surface area contributed by atoms with Crippen LogP contribution in [-0.2, 0) is 16.1 Å². The van der Waals surface area contributed by atoms with Crippen LogP contribution >= 0.6 is 0 Å². The van der Waals surface area contributed by atoms with Crippen molar-refractivity contribution in [1.29, 1.82) is 0 Å². The van der Waals surface area contributed by atoms with E-state index in [1.54, 1.807) is 0 Å². The zero-order chi connectivity index (χ0) is 23.6. The summed E-state index contributed by atoms with van der Waals surface area (Å²) < 4.78 is 5.79. The molecule has 0 unspecified atom stereocenters. The molecule has 0 bridgehead atoms. The summed E-state index contributed by atoms with van der Waals surface area (Å²) in [6.45, 7) is 6.46. The summed E-state index contributed by atoms with van der Waals surface area (Å²) in [4.78, 5) is 24.3. The SMILES string of the molecule is Cc1ccc(NC(=O)COc2ccccc2CNc2cccc(NC(=O)CC(C)C)c2)cc1. The lowest BCUT2D eigenvalue weighted by Gasteiger charge is -2.14. The van der Waals surface area contributed by atoms with Crippen molar-refractivity contribution in [2.75, 3.05) is 22.6 Å². The Labute approximate surface area is 195 Å². The molecule has 172 valence electrons. The van der Waals surface area contributed by atoms with Crippen molar-refractivity contribution in [2.24, 2.45) is 5.92 Å². The predicted molar refractivity (Wildman–Crippen MR) is 134 cm³/mol. The molecule has 33 heavy (non-hydrogen) atoms. The minimum absolute atomic E-state index is 0.00445. The lowest BCUT2D eigenvalue weighted by Crippen LogP contribution is -2.20. The summed E-state index contributed by atoms with van der Waals surface area (Å²) in [6, 6.07) is 22.8. The number of hydrogen-bond acceptors (Lipinski definition) is 4. The van der Waals surface area contributed by atoms with Gasteiger partial charge in [-0.15, -0.1) is 0 Å². The third-order valence-electron chi connectivity index (χ3n) is 4.89. The van der Waals surface area contributed by atoms with Crippen LogP contribution in [0.3, 0.4) is 0 Å². The van der Waals surface area contributed by atoms with Gasteiger partial charge in [0.15, 0.2) is 6.61 Å². The highest BCUT2D eigenvalue weighted by Gasteiger charge is 2.09. The Morgan fingerprint density at radius 3 is 2.27 bits per heavy atom. The van der Waals surface area contributed by atoms with Crippen molar-refractivity contribution in [2.45, 2.75) is 33.7 Å². The van der Waals surface area contributed by atoms with Gasteiger partial charge in [0.25, 0.3) is 5.91 Å². The molecule has 0 heterocycles. The molecule has 2 amide bonds. The van der Waals surface area contributed by atoms with Gasteiger partial charge in [-0.1, -0.05) is 55.8 Å². The molecule has 3 rings (SSSR count). The number of para-hydroxylation sites is 1. The number of nitrogens with one attached hydrogen (secondary N) is 3. The van der Waals surface area contributed by atoms with Crippen molar-refractivity contribution >= 4 is 28.9 Å². The first-order valence-electron chi connectivity index (χ1n) is 11.1. The van der Waals surface area contributed by atoms with Crippen molar-refractivity contribution < 1.29 is 14.3 Å². The van der Waals surface area contributed by atoms with E-state index in [1.807, 2.05) is 93.6 Å². The van der Waals surface area contributed by atoms with Gasteiger partial charge in [-0.25, -0.2) is 0 Å². The molecule has 3 N–H and O–H groups in total. The van der Waals surface area contributed by atoms with E-state index in [9.17, 15) is 9.59 Å². The van der Waals surface area contributed by atoms with E-state index in [0.717, 1.165) is 28.2 Å². The summed E-state index contributed by atoms with van der Waals surface area (Å²) in [6.07, 6.45) is 0.486. The van der Waals surface area contributed by atoms with Gasteiger partial charge in [-0.05, 0) is 49.2 Å². The first kappa shape index (κ1) is 23.9. The Kier molecular flexibility index (Phi) is 8.47. The first-order valence-corrected chi connectivity index (χ1v) is 11.1. The molecule has 0 spiro atoms. The minimum Gasteiger partial charge on any atom is -0.483 e. The summed E-state index contributed by atoms with van der Waals surface area (Å²) in [7, 11) is 0. The van der Waals surface area contributed by atoms with Gasteiger partial charge in [-0.3, -0.25) is 9.59 Å². The van der Waals surface area contributed by atoms with Crippen LogP contribution in [0.2, 0.25) is 0 Å². The fourth-order valence-electron chi connectivity index (χ4n) is 3.25. The Bertz CT molecular complexity index is 1080. The molecule has 0 aliphatic heterocycles. The van der Waals surface area contributed by atoms with E-state index in [2.05, 4.69) is 16.0 Å². The number of aryl methyl sites for hydroxylation is 1. The summed E-state index contributed by atoms with van der Waals surface area (Å²) >= 11 is 0. The highest BCUT2D eigenvalue weighted by atomic mass is 16.5. The number of benzene rings is 3. The molecule has 0 aliphatic rings. The summed E-state index contributed by atoms with van der Waals surface area (Å²) in [5.74, 6) is 0.739. The van der Waals surface area contributed by atoms with Gasteiger partial charge >= 0.3 is 0 Å².